The number of hydrogen-bond donors (Lipinski definition) is 0. The molecule has 6 rings (SSSR count). The minimum absolute atomic E-state index is 0.0114. The fourth-order valence-corrected chi connectivity index (χ4v) is 6.37. The number of pyridine rings is 1. The fraction of sp³-hybridized carbons (Fsp3) is 0.231. The van der Waals surface area contributed by atoms with E-state index in [0.717, 1.165) is 17.9 Å². The number of amidine groups is 1. The molecule has 0 N–H and O–H groups in total. The van der Waals surface area contributed by atoms with Crippen LogP contribution in [0.3, 0.4) is 0 Å². The van der Waals surface area contributed by atoms with E-state index in [2.05, 4.69) is 78.6 Å². The standard InChI is InChI=1S/C26H23N3S/c1-2-19-16-30-26-28-24(22-13-7-8-14-27-22)25(29(19)26)23-20-11-5-3-9-17(20)15-18-10-4-6-12-21(18)23/h3-15,19,24-25H,2,16H2,1H3/t19-,24+,25+/m1/s1. The highest BCUT2D eigenvalue weighted by Gasteiger charge is 2.46. The van der Waals surface area contributed by atoms with Crippen LogP contribution in [0.2, 0.25) is 0 Å². The molecule has 0 unspecified atom stereocenters. The summed E-state index contributed by atoms with van der Waals surface area (Å²) in [4.78, 5) is 12.6. The van der Waals surface area contributed by atoms with Gasteiger partial charge in [-0.1, -0.05) is 73.3 Å². The number of aromatic nitrogens is 1. The first-order chi connectivity index (χ1) is 14.8. The van der Waals surface area contributed by atoms with Crippen molar-refractivity contribution in [3.63, 3.8) is 0 Å². The molecule has 0 bridgehead atoms. The van der Waals surface area contributed by atoms with Crippen LogP contribution >= 0.6 is 11.8 Å². The lowest BCUT2D eigenvalue weighted by atomic mass is 9.87. The second-order valence-electron chi connectivity index (χ2n) is 8.07. The van der Waals surface area contributed by atoms with Crippen LogP contribution in [-0.2, 0) is 0 Å². The number of nitrogens with zero attached hydrogens (tertiary/aromatic N) is 3. The summed E-state index contributed by atoms with van der Waals surface area (Å²) in [5, 5.41) is 6.41. The van der Waals surface area contributed by atoms with Crippen molar-refractivity contribution in [3.8, 4) is 0 Å². The summed E-state index contributed by atoms with van der Waals surface area (Å²) in [5.74, 6) is 1.11. The number of fused-ring (bicyclic) bond motifs is 3. The largest absolute Gasteiger partial charge is 0.338 e. The summed E-state index contributed by atoms with van der Waals surface area (Å²) < 4.78 is 0. The molecule has 1 saturated heterocycles. The minimum atomic E-state index is 0.0114. The molecule has 0 radical (unpaired) electrons. The Kier molecular flexibility index (Phi) is 4.27. The molecule has 0 saturated carbocycles. The van der Waals surface area contributed by atoms with Gasteiger partial charge < -0.3 is 4.90 Å². The Hall–Kier alpha value is -2.85. The molecule has 148 valence electrons. The summed E-state index contributed by atoms with van der Waals surface area (Å²) in [5.41, 5.74) is 2.44. The quantitative estimate of drug-likeness (QED) is 0.368. The number of rotatable bonds is 3. The monoisotopic (exact) mass is 409 g/mol. The number of hydrogen-bond acceptors (Lipinski definition) is 4. The Labute approximate surface area is 180 Å². The van der Waals surface area contributed by atoms with Crippen molar-refractivity contribution in [2.75, 3.05) is 5.75 Å². The molecule has 1 fully saturated rings. The van der Waals surface area contributed by atoms with Crippen LogP contribution in [0, 0.1) is 0 Å². The van der Waals surface area contributed by atoms with Crippen LogP contribution in [0.4, 0.5) is 0 Å². The van der Waals surface area contributed by atoms with Crippen LogP contribution in [0.25, 0.3) is 21.5 Å². The first-order valence-electron chi connectivity index (χ1n) is 10.7. The van der Waals surface area contributed by atoms with Gasteiger partial charge >= 0.3 is 0 Å². The molecule has 3 atom stereocenters. The molecule has 3 nitrogen and oxygen atoms in total. The van der Waals surface area contributed by atoms with Crippen LogP contribution in [0.1, 0.15) is 36.7 Å². The van der Waals surface area contributed by atoms with E-state index < -0.39 is 0 Å². The Bertz CT molecular complexity index is 1210. The van der Waals surface area contributed by atoms with Crippen molar-refractivity contribution >= 4 is 38.5 Å². The highest BCUT2D eigenvalue weighted by atomic mass is 32.2. The van der Waals surface area contributed by atoms with Gasteiger partial charge in [0, 0.05) is 18.0 Å². The van der Waals surface area contributed by atoms with Crippen molar-refractivity contribution in [3.05, 3.63) is 90.3 Å². The van der Waals surface area contributed by atoms with Gasteiger partial charge in [-0.25, -0.2) is 0 Å². The summed E-state index contributed by atoms with van der Waals surface area (Å²) in [6, 6.07) is 26.8. The van der Waals surface area contributed by atoms with Gasteiger partial charge in [-0.15, -0.1) is 0 Å². The molecule has 4 aromatic rings. The van der Waals surface area contributed by atoms with Crippen LogP contribution in [-0.4, -0.2) is 26.8 Å². The Morgan fingerprint density at radius 2 is 1.63 bits per heavy atom. The Morgan fingerprint density at radius 3 is 2.30 bits per heavy atom. The second-order valence-corrected chi connectivity index (χ2v) is 9.06. The van der Waals surface area contributed by atoms with E-state index in [1.807, 2.05) is 24.0 Å². The van der Waals surface area contributed by atoms with Crippen molar-refractivity contribution in [2.24, 2.45) is 4.99 Å². The van der Waals surface area contributed by atoms with Gasteiger partial charge in [-0.05, 0) is 51.7 Å². The lowest BCUT2D eigenvalue weighted by Crippen LogP contribution is -2.35. The molecule has 0 spiro atoms. The van der Waals surface area contributed by atoms with Gasteiger partial charge in [0.2, 0.25) is 0 Å². The highest BCUT2D eigenvalue weighted by Crippen LogP contribution is 2.51. The van der Waals surface area contributed by atoms with E-state index in [4.69, 9.17) is 9.98 Å². The Morgan fingerprint density at radius 1 is 0.933 bits per heavy atom. The lowest BCUT2D eigenvalue weighted by Gasteiger charge is -2.33. The maximum Gasteiger partial charge on any atom is 0.160 e. The molecule has 2 aliphatic rings. The molecule has 1 aromatic heterocycles. The van der Waals surface area contributed by atoms with Crippen molar-refractivity contribution < 1.29 is 0 Å². The molecular weight excluding hydrogens is 386 g/mol. The number of thioether (sulfide) groups is 1. The van der Waals surface area contributed by atoms with Crippen LogP contribution in [0.5, 0.6) is 0 Å². The maximum absolute atomic E-state index is 5.23. The van der Waals surface area contributed by atoms with Crippen LogP contribution < -0.4 is 0 Å². The molecule has 30 heavy (non-hydrogen) atoms. The van der Waals surface area contributed by atoms with E-state index >= 15 is 0 Å². The van der Waals surface area contributed by atoms with E-state index in [9.17, 15) is 0 Å². The molecule has 4 heteroatoms. The normalized spacial score (nSPS) is 23.2. The number of benzene rings is 3. The van der Waals surface area contributed by atoms with Crippen LogP contribution in [0.15, 0.2) is 84.0 Å². The third kappa shape index (κ3) is 2.67. The summed E-state index contributed by atoms with van der Waals surface area (Å²) in [7, 11) is 0. The average Bonchev–Trinajstić information content (AvgIpc) is 3.37. The lowest BCUT2D eigenvalue weighted by molar-refractivity contribution is 0.258. The molecule has 3 aromatic carbocycles. The minimum Gasteiger partial charge on any atom is -0.338 e. The molecule has 3 heterocycles. The molecular formula is C26H23N3S. The predicted molar refractivity (Wildman–Crippen MR) is 127 cm³/mol. The molecule has 0 aliphatic carbocycles. The zero-order valence-electron chi connectivity index (χ0n) is 16.9. The fourth-order valence-electron chi connectivity index (χ4n) is 5.03. The van der Waals surface area contributed by atoms with E-state index in [1.54, 1.807) is 0 Å². The van der Waals surface area contributed by atoms with Gasteiger partial charge in [0.15, 0.2) is 5.17 Å². The summed E-state index contributed by atoms with van der Waals surface area (Å²) >= 11 is 1.90. The van der Waals surface area contributed by atoms with Gasteiger partial charge in [-0.2, -0.15) is 0 Å². The molecule has 2 aliphatic heterocycles. The van der Waals surface area contributed by atoms with E-state index in [1.165, 1.54) is 32.3 Å². The van der Waals surface area contributed by atoms with Crippen molar-refractivity contribution in [2.45, 2.75) is 31.5 Å². The second kappa shape index (κ2) is 7.13. The number of aliphatic imine (C=N–C) groups is 1. The van der Waals surface area contributed by atoms with Gasteiger partial charge in [0.05, 0.1) is 11.7 Å². The van der Waals surface area contributed by atoms with E-state index in [-0.39, 0.29) is 12.1 Å². The van der Waals surface area contributed by atoms with E-state index in [0.29, 0.717) is 6.04 Å². The summed E-state index contributed by atoms with van der Waals surface area (Å²) in [6.07, 6.45) is 3.02. The highest BCUT2D eigenvalue weighted by molar-refractivity contribution is 8.14. The van der Waals surface area contributed by atoms with Gasteiger partial charge in [0.25, 0.3) is 0 Å². The SMILES string of the molecule is CC[C@@H]1CSC2=N[C@@H](c3ccccn3)[C@H](c3c4ccccc4cc4ccccc34)N21. The average molecular weight is 410 g/mol. The first kappa shape index (κ1) is 18.0. The smallest absolute Gasteiger partial charge is 0.160 e. The zero-order valence-corrected chi connectivity index (χ0v) is 17.7. The van der Waals surface area contributed by atoms with Crippen molar-refractivity contribution in [1.29, 1.82) is 0 Å². The summed E-state index contributed by atoms with van der Waals surface area (Å²) in [6.45, 7) is 2.29. The maximum atomic E-state index is 5.23. The third-order valence-electron chi connectivity index (χ3n) is 6.44. The van der Waals surface area contributed by atoms with Gasteiger partial charge in [0.1, 0.15) is 6.04 Å². The topological polar surface area (TPSA) is 28.5 Å². The molecule has 0 amide bonds. The predicted octanol–water partition coefficient (Wildman–Crippen LogP) is 6.37. The zero-order chi connectivity index (χ0) is 20.1. The Balaban J connectivity index is 1.66. The van der Waals surface area contributed by atoms with Crippen molar-refractivity contribution in [1.82, 2.24) is 9.88 Å². The third-order valence-corrected chi connectivity index (χ3v) is 7.56. The van der Waals surface area contributed by atoms with Gasteiger partial charge in [-0.3, -0.25) is 9.98 Å². The first-order valence-corrected chi connectivity index (χ1v) is 11.6.